The summed E-state index contributed by atoms with van der Waals surface area (Å²) in [5.41, 5.74) is -0.0289. The van der Waals surface area contributed by atoms with Crippen LogP contribution >= 0.6 is 0 Å². The van der Waals surface area contributed by atoms with Gasteiger partial charge in [-0.3, -0.25) is 20.2 Å². The summed E-state index contributed by atoms with van der Waals surface area (Å²) in [5, 5.41) is 22.1. The molecule has 0 aliphatic carbocycles. The maximum Gasteiger partial charge on any atom is 0.246 e. The van der Waals surface area contributed by atoms with Gasteiger partial charge in [-0.1, -0.05) is 31.9 Å². The summed E-state index contributed by atoms with van der Waals surface area (Å²) < 4.78 is 0. The Balaban J connectivity index is 4.56. The first-order valence-corrected chi connectivity index (χ1v) is 8.78. The number of rotatable bonds is 15. The van der Waals surface area contributed by atoms with E-state index in [1.807, 2.05) is 6.08 Å². The second kappa shape index (κ2) is 15.2. The quantitative estimate of drug-likeness (QED) is 0.136. The molecule has 140 valence electrons. The van der Waals surface area contributed by atoms with Crippen LogP contribution in [-0.4, -0.2) is 16.1 Å². The molecule has 7 heteroatoms. The van der Waals surface area contributed by atoms with Crippen molar-refractivity contribution in [2.45, 2.75) is 71.1 Å². The zero-order valence-corrected chi connectivity index (χ0v) is 14.9. The number of nitro groups is 2. The molecule has 0 unspecified atom stereocenters. The smallest absolute Gasteiger partial charge is 0.246 e. The molecule has 0 N–H and O–H groups in total. The third-order valence-corrected chi connectivity index (χ3v) is 3.64. The summed E-state index contributed by atoms with van der Waals surface area (Å²) in [5.74, 6) is 0. The van der Waals surface area contributed by atoms with Crippen LogP contribution in [0.25, 0.3) is 0 Å². The number of allylic oxidation sites excluding steroid dienone is 4. The summed E-state index contributed by atoms with van der Waals surface area (Å²) in [6.07, 6.45) is 13.9. The van der Waals surface area contributed by atoms with Gasteiger partial charge in [0.2, 0.25) is 11.4 Å². The fraction of sp³-hybridized carbons (Fsp3) is 0.611. The van der Waals surface area contributed by atoms with Gasteiger partial charge in [-0.25, -0.2) is 0 Å². The third kappa shape index (κ3) is 12.7. The molecule has 0 amide bonds. The normalized spacial score (nSPS) is 12.5. The predicted octanol–water partition coefficient (Wildman–Crippen LogP) is 4.98. The van der Waals surface area contributed by atoms with Crippen LogP contribution in [-0.2, 0) is 4.79 Å². The molecule has 0 rings (SSSR count). The highest BCUT2D eigenvalue weighted by molar-refractivity contribution is 5.48. The lowest BCUT2D eigenvalue weighted by atomic mass is 10.1. The molecule has 0 atom stereocenters. The Labute approximate surface area is 148 Å². The molecule has 7 nitrogen and oxygen atoms in total. The Hall–Kier alpha value is -2.31. The van der Waals surface area contributed by atoms with Crippen LogP contribution < -0.4 is 0 Å². The largest absolute Gasteiger partial charge is 0.303 e. The minimum absolute atomic E-state index is 0.00768. The lowest BCUT2D eigenvalue weighted by Crippen LogP contribution is -2.01. The van der Waals surface area contributed by atoms with E-state index in [2.05, 4.69) is 6.92 Å². The van der Waals surface area contributed by atoms with Crippen molar-refractivity contribution < 1.29 is 14.6 Å². The Morgan fingerprint density at radius 1 is 0.800 bits per heavy atom. The number of nitrogens with zero attached hydrogens (tertiary/aromatic N) is 2. The van der Waals surface area contributed by atoms with Crippen molar-refractivity contribution in [3.63, 3.8) is 0 Å². The van der Waals surface area contributed by atoms with Crippen molar-refractivity contribution in [1.82, 2.24) is 0 Å². The summed E-state index contributed by atoms with van der Waals surface area (Å²) in [4.78, 5) is 31.3. The van der Waals surface area contributed by atoms with Gasteiger partial charge in [0.1, 0.15) is 6.29 Å². The topological polar surface area (TPSA) is 103 Å². The van der Waals surface area contributed by atoms with Gasteiger partial charge in [0.15, 0.2) is 0 Å². The van der Waals surface area contributed by atoms with E-state index in [1.54, 1.807) is 12.2 Å². The van der Waals surface area contributed by atoms with Crippen LogP contribution in [0, 0.1) is 20.2 Å². The van der Waals surface area contributed by atoms with Crippen molar-refractivity contribution in [2.75, 3.05) is 0 Å². The van der Waals surface area contributed by atoms with Crippen LogP contribution in [0.3, 0.4) is 0 Å². The highest BCUT2D eigenvalue weighted by Crippen LogP contribution is 2.13. The molecule has 0 saturated heterocycles. The predicted molar refractivity (Wildman–Crippen MR) is 97.2 cm³/mol. The Morgan fingerprint density at radius 2 is 1.40 bits per heavy atom. The van der Waals surface area contributed by atoms with E-state index in [4.69, 9.17) is 0 Å². The molecular formula is C18H28N2O5. The van der Waals surface area contributed by atoms with Gasteiger partial charge in [0.05, 0.1) is 22.7 Å². The Bertz CT molecular complexity index is 510. The molecule has 0 saturated carbocycles. The highest BCUT2D eigenvalue weighted by Gasteiger charge is 2.13. The van der Waals surface area contributed by atoms with Gasteiger partial charge in [0.25, 0.3) is 0 Å². The summed E-state index contributed by atoms with van der Waals surface area (Å²) in [7, 11) is 0. The van der Waals surface area contributed by atoms with E-state index in [0.29, 0.717) is 12.8 Å². The van der Waals surface area contributed by atoms with Crippen molar-refractivity contribution >= 4 is 6.29 Å². The fourth-order valence-electron chi connectivity index (χ4n) is 2.16. The second-order valence-electron chi connectivity index (χ2n) is 5.73. The molecule has 0 spiro atoms. The number of aldehydes is 1. The first kappa shape index (κ1) is 22.7. The standard InChI is InChI=1S/C18H28N2O5/c1-2-3-4-9-12-17(19(22)23)14-15-18(20(24)25)13-10-7-5-6-8-11-16-21/h7,10,12,15-16H,2-6,8-9,11,13-14H2,1H3/b10-7-,17-12+,18-15+. The Kier molecular flexibility index (Phi) is 13.8. The molecule has 0 aliphatic heterocycles. The summed E-state index contributed by atoms with van der Waals surface area (Å²) in [6.45, 7) is 2.06. The molecule has 0 bridgehead atoms. The van der Waals surface area contributed by atoms with Gasteiger partial charge in [-0.15, -0.1) is 0 Å². The van der Waals surface area contributed by atoms with E-state index in [9.17, 15) is 25.0 Å². The van der Waals surface area contributed by atoms with Crippen molar-refractivity contribution in [3.8, 4) is 0 Å². The Morgan fingerprint density at radius 3 is 2.00 bits per heavy atom. The number of carbonyl (C=O) groups excluding carboxylic acids is 1. The number of hydrogen-bond donors (Lipinski definition) is 0. The minimum Gasteiger partial charge on any atom is -0.303 e. The third-order valence-electron chi connectivity index (χ3n) is 3.64. The lowest BCUT2D eigenvalue weighted by molar-refractivity contribution is -0.431. The van der Waals surface area contributed by atoms with Gasteiger partial charge < -0.3 is 4.79 Å². The van der Waals surface area contributed by atoms with Gasteiger partial charge in [-0.05, 0) is 44.3 Å². The van der Waals surface area contributed by atoms with E-state index in [-0.39, 0.29) is 24.2 Å². The SMILES string of the molecule is CCCCC/C=C(\C/C=C(\C/C=C\CCCCC=O)[N+](=O)[O-])[N+](=O)[O-]. The van der Waals surface area contributed by atoms with Crippen molar-refractivity contribution in [3.05, 3.63) is 55.9 Å². The van der Waals surface area contributed by atoms with E-state index >= 15 is 0 Å². The first-order chi connectivity index (χ1) is 12.0. The average molecular weight is 352 g/mol. The lowest BCUT2D eigenvalue weighted by Gasteiger charge is -1.98. The summed E-state index contributed by atoms with van der Waals surface area (Å²) in [6, 6.07) is 0. The van der Waals surface area contributed by atoms with Crippen LogP contribution in [0.2, 0.25) is 0 Å². The molecule has 0 fully saturated rings. The van der Waals surface area contributed by atoms with Crippen LogP contribution in [0.5, 0.6) is 0 Å². The van der Waals surface area contributed by atoms with E-state index in [0.717, 1.165) is 44.8 Å². The molecule has 0 aromatic heterocycles. The number of unbranched alkanes of at least 4 members (excludes halogenated alkanes) is 6. The molecule has 0 aromatic rings. The molecule has 0 aliphatic rings. The molecule has 0 heterocycles. The maximum atomic E-state index is 11.1. The fourth-order valence-corrected chi connectivity index (χ4v) is 2.16. The van der Waals surface area contributed by atoms with Crippen LogP contribution in [0.1, 0.15) is 71.1 Å². The minimum atomic E-state index is -0.495. The van der Waals surface area contributed by atoms with Gasteiger partial charge in [0, 0.05) is 6.42 Å². The highest BCUT2D eigenvalue weighted by atomic mass is 16.6. The summed E-state index contributed by atoms with van der Waals surface area (Å²) >= 11 is 0. The molecule has 0 radical (unpaired) electrons. The zero-order chi connectivity index (χ0) is 18.9. The van der Waals surface area contributed by atoms with E-state index in [1.165, 1.54) is 6.08 Å². The number of carbonyl (C=O) groups is 1. The van der Waals surface area contributed by atoms with Crippen LogP contribution in [0.15, 0.2) is 35.7 Å². The zero-order valence-electron chi connectivity index (χ0n) is 14.9. The maximum absolute atomic E-state index is 11.1. The van der Waals surface area contributed by atoms with Gasteiger partial charge in [-0.2, -0.15) is 0 Å². The van der Waals surface area contributed by atoms with Crippen molar-refractivity contribution in [2.24, 2.45) is 0 Å². The van der Waals surface area contributed by atoms with E-state index < -0.39 is 9.85 Å². The second-order valence-corrected chi connectivity index (χ2v) is 5.73. The molecule has 0 aromatic carbocycles. The monoisotopic (exact) mass is 352 g/mol. The van der Waals surface area contributed by atoms with Gasteiger partial charge >= 0.3 is 0 Å². The first-order valence-electron chi connectivity index (χ1n) is 8.78. The van der Waals surface area contributed by atoms with Crippen molar-refractivity contribution in [1.29, 1.82) is 0 Å². The molecule has 25 heavy (non-hydrogen) atoms. The number of hydrogen-bond acceptors (Lipinski definition) is 5. The molecular weight excluding hydrogens is 324 g/mol. The average Bonchev–Trinajstić information content (AvgIpc) is 2.57. The van der Waals surface area contributed by atoms with Crippen LogP contribution in [0.4, 0.5) is 0 Å².